The normalized spacial score (nSPS) is 15.6. The van der Waals surface area contributed by atoms with Gasteiger partial charge in [0.1, 0.15) is 5.57 Å². The molecule has 2 N–H and O–H groups in total. The lowest BCUT2D eigenvalue weighted by atomic mass is 10.1. The SMILES string of the molecule is O=C1NN(c2ccccc2)C(=O)/C1=C\c1cc(Br)c(O)c([N+](=O)[O-])c1. The number of carbonyl (C=O) groups is 2. The molecule has 0 aliphatic carbocycles. The molecule has 25 heavy (non-hydrogen) atoms. The Hall–Kier alpha value is -3.20. The lowest BCUT2D eigenvalue weighted by Crippen LogP contribution is -2.35. The van der Waals surface area contributed by atoms with Crippen molar-refractivity contribution >= 4 is 45.2 Å². The van der Waals surface area contributed by atoms with E-state index in [1.54, 1.807) is 30.3 Å². The molecule has 1 heterocycles. The number of nitro benzene ring substituents is 1. The van der Waals surface area contributed by atoms with E-state index in [1.807, 2.05) is 0 Å². The summed E-state index contributed by atoms with van der Waals surface area (Å²) in [5.41, 5.74) is 2.44. The lowest BCUT2D eigenvalue weighted by molar-refractivity contribution is -0.386. The Kier molecular flexibility index (Phi) is 4.24. The molecule has 0 spiro atoms. The first-order valence-electron chi connectivity index (χ1n) is 6.97. The summed E-state index contributed by atoms with van der Waals surface area (Å²) in [6.45, 7) is 0. The Morgan fingerprint density at radius 1 is 1.20 bits per heavy atom. The molecule has 1 aliphatic heterocycles. The van der Waals surface area contributed by atoms with Crippen LogP contribution in [-0.2, 0) is 9.59 Å². The van der Waals surface area contributed by atoms with E-state index in [9.17, 15) is 24.8 Å². The van der Waals surface area contributed by atoms with Gasteiger partial charge in [0, 0.05) is 6.07 Å². The number of phenolic OH excluding ortho intramolecular Hbond substituents is 1. The van der Waals surface area contributed by atoms with Gasteiger partial charge in [-0.05, 0) is 45.8 Å². The van der Waals surface area contributed by atoms with Crippen LogP contribution in [0.15, 0.2) is 52.5 Å². The molecule has 0 unspecified atom stereocenters. The number of para-hydroxylation sites is 1. The molecule has 3 rings (SSSR count). The quantitative estimate of drug-likeness (QED) is 0.353. The van der Waals surface area contributed by atoms with E-state index in [-0.39, 0.29) is 15.6 Å². The lowest BCUT2D eigenvalue weighted by Gasteiger charge is -2.13. The van der Waals surface area contributed by atoms with Gasteiger partial charge in [0.15, 0.2) is 0 Å². The first-order valence-corrected chi connectivity index (χ1v) is 7.77. The topological polar surface area (TPSA) is 113 Å². The number of aromatic hydroxyl groups is 1. The maximum atomic E-state index is 12.5. The van der Waals surface area contributed by atoms with Gasteiger partial charge in [-0.1, -0.05) is 18.2 Å². The van der Waals surface area contributed by atoms with Crippen LogP contribution < -0.4 is 10.4 Å². The molecule has 8 nitrogen and oxygen atoms in total. The monoisotopic (exact) mass is 403 g/mol. The number of hydrogen-bond donors (Lipinski definition) is 2. The number of rotatable bonds is 3. The highest BCUT2D eigenvalue weighted by atomic mass is 79.9. The molecule has 1 saturated heterocycles. The molecule has 126 valence electrons. The number of phenols is 1. The summed E-state index contributed by atoms with van der Waals surface area (Å²) in [7, 11) is 0. The van der Waals surface area contributed by atoms with Gasteiger partial charge in [-0.15, -0.1) is 0 Å². The first kappa shape index (κ1) is 16.7. The van der Waals surface area contributed by atoms with Crippen LogP contribution in [0.4, 0.5) is 11.4 Å². The molecule has 1 aliphatic rings. The minimum absolute atomic E-state index is 0.0827. The highest BCUT2D eigenvalue weighted by Gasteiger charge is 2.34. The Morgan fingerprint density at radius 2 is 1.88 bits per heavy atom. The summed E-state index contributed by atoms with van der Waals surface area (Å²) in [6, 6.07) is 11.0. The maximum absolute atomic E-state index is 12.5. The van der Waals surface area contributed by atoms with E-state index in [0.29, 0.717) is 5.69 Å². The fourth-order valence-corrected chi connectivity index (χ4v) is 2.78. The first-order chi connectivity index (χ1) is 11.9. The van der Waals surface area contributed by atoms with E-state index in [0.717, 1.165) is 11.1 Å². The molecule has 0 radical (unpaired) electrons. The van der Waals surface area contributed by atoms with Crippen molar-refractivity contribution in [2.75, 3.05) is 5.01 Å². The summed E-state index contributed by atoms with van der Waals surface area (Å²) in [5.74, 6) is -1.73. The third kappa shape index (κ3) is 3.09. The number of halogens is 1. The van der Waals surface area contributed by atoms with Crippen LogP contribution in [0.1, 0.15) is 5.56 Å². The van der Waals surface area contributed by atoms with Crippen molar-refractivity contribution in [3.05, 3.63) is 68.2 Å². The van der Waals surface area contributed by atoms with Gasteiger partial charge in [-0.2, -0.15) is 0 Å². The van der Waals surface area contributed by atoms with Crippen LogP contribution in [0.25, 0.3) is 6.08 Å². The van der Waals surface area contributed by atoms with Crippen molar-refractivity contribution in [3.8, 4) is 5.75 Å². The van der Waals surface area contributed by atoms with Crippen molar-refractivity contribution in [2.45, 2.75) is 0 Å². The van der Waals surface area contributed by atoms with Gasteiger partial charge in [-0.25, -0.2) is 5.01 Å². The average molecular weight is 404 g/mol. The van der Waals surface area contributed by atoms with Crippen molar-refractivity contribution < 1.29 is 19.6 Å². The standard InChI is InChI=1S/C16H10BrN3O5/c17-12-7-9(8-13(14(12)21)20(24)25)6-11-15(22)18-19(16(11)23)10-4-2-1-3-5-10/h1-8,21H,(H,18,22)/b11-6-. The minimum atomic E-state index is -0.755. The van der Waals surface area contributed by atoms with E-state index in [2.05, 4.69) is 21.4 Å². The maximum Gasteiger partial charge on any atom is 0.312 e. The summed E-state index contributed by atoms with van der Waals surface area (Å²) in [4.78, 5) is 34.8. The molecule has 0 bridgehead atoms. The fourth-order valence-electron chi connectivity index (χ4n) is 2.31. The largest absolute Gasteiger partial charge is 0.501 e. The van der Waals surface area contributed by atoms with Crippen LogP contribution in [0.2, 0.25) is 0 Å². The zero-order valence-electron chi connectivity index (χ0n) is 12.5. The fraction of sp³-hybridized carbons (Fsp3) is 0. The average Bonchev–Trinajstić information content (AvgIpc) is 2.86. The highest BCUT2D eigenvalue weighted by molar-refractivity contribution is 9.10. The van der Waals surface area contributed by atoms with Gasteiger partial charge >= 0.3 is 5.69 Å². The Labute approximate surface area is 149 Å². The Morgan fingerprint density at radius 3 is 2.52 bits per heavy atom. The summed E-state index contributed by atoms with van der Waals surface area (Å²) < 4.78 is 0.0827. The van der Waals surface area contributed by atoms with Crippen LogP contribution in [0.3, 0.4) is 0 Å². The van der Waals surface area contributed by atoms with E-state index >= 15 is 0 Å². The second-order valence-corrected chi connectivity index (χ2v) is 5.96. The number of carbonyl (C=O) groups excluding carboxylic acids is 2. The van der Waals surface area contributed by atoms with Crippen LogP contribution in [0.5, 0.6) is 5.75 Å². The third-order valence-electron chi connectivity index (χ3n) is 3.48. The predicted octanol–water partition coefficient (Wildman–Crippen LogP) is 2.52. The number of benzene rings is 2. The molecule has 2 amide bonds. The molecule has 2 aromatic carbocycles. The molecule has 0 saturated carbocycles. The van der Waals surface area contributed by atoms with Gasteiger partial charge in [0.05, 0.1) is 15.1 Å². The second-order valence-electron chi connectivity index (χ2n) is 5.10. The number of hydrogen-bond acceptors (Lipinski definition) is 5. The molecular weight excluding hydrogens is 394 g/mol. The van der Waals surface area contributed by atoms with Crippen LogP contribution in [-0.4, -0.2) is 21.8 Å². The summed E-state index contributed by atoms with van der Waals surface area (Å²) >= 11 is 3.01. The van der Waals surface area contributed by atoms with Crippen molar-refractivity contribution in [1.82, 2.24) is 5.43 Å². The van der Waals surface area contributed by atoms with Gasteiger partial charge < -0.3 is 5.11 Å². The molecule has 0 atom stereocenters. The molecular formula is C16H10BrN3O5. The Bertz CT molecular complexity index is 927. The third-order valence-corrected chi connectivity index (χ3v) is 4.08. The van der Waals surface area contributed by atoms with E-state index in [1.165, 1.54) is 12.1 Å². The van der Waals surface area contributed by atoms with Gasteiger partial charge in [0.25, 0.3) is 11.8 Å². The molecule has 0 aromatic heterocycles. The number of hydrazine groups is 1. The smallest absolute Gasteiger partial charge is 0.312 e. The van der Waals surface area contributed by atoms with Gasteiger partial charge in [-0.3, -0.25) is 25.1 Å². The highest BCUT2D eigenvalue weighted by Crippen LogP contribution is 2.36. The number of nitrogens with one attached hydrogen (secondary N) is 1. The van der Waals surface area contributed by atoms with Crippen molar-refractivity contribution in [3.63, 3.8) is 0 Å². The molecule has 1 fully saturated rings. The number of anilines is 1. The van der Waals surface area contributed by atoms with E-state index < -0.39 is 28.2 Å². The number of amides is 2. The second kappa shape index (κ2) is 6.36. The summed E-state index contributed by atoms with van der Waals surface area (Å²) in [5, 5.41) is 21.8. The zero-order valence-corrected chi connectivity index (χ0v) is 14.1. The predicted molar refractivity (Wildman–Crippen MR) is 92.5 cm³/mol. The minimum Gasteiger partial charge on any atom is -0.501 e. The van der Waals surface area contributed by atoms with Crippen LogP contribution >= 0.6 is 15.9 Å². The molecule has 2 aromatic rings. The molecule has 9 heteroatoms. The van der Waals surface area contributed by atoms with Crippen molar-refractivity contribution in [1.29, 1.82) is 0 Å². The summed E-state index contributed by atoms with van der Waals surface area (Å²) in [6.07, 6.45) is 1.23. The Balaban J connectivity index is 2.01. The van der Waals surface area contributed by atoms with Crippen molar-refractivity contribution in [2.24, 2.45) is 0 Å². The van der Waals surface area contributed by atoms with Gasteiger partial charge in [0.2, 0.25) is 5.75 Å². The number of nitro groups is 1. The zero-order chi connectivity index (χ0) is 18.1. The van der Waals surface area contributed by atoms with Crippen LogP contribution in [0, 0.1) is 10.1 Å². The number of nitrogens with zero attached hydrogens (tertiary/aromatic N) is 2. The van der Waals surface area contributed by atoms with E-state index in [4.69, 9.17) is 0 Å².